The van der Waals surface area contributed by atoms with Gasteiger partial charge in [0, 0.05) is 11.6 Å². The first-order valence-corrected chi connectivity index (χ1v) is 7.10. The van der Waals surface area contributed by atoms with E-state index in [1.54, 1.807) is 0 Å². The van der Waals surface area contributed by atoms with Gasteiger partial charge in [-0.15, -0.1) is 0 Å². The summed E-state index contributed by atoms with van der Waals surface area (Å²) in [5.74, 6) is 0. The van der Waals surface area contributed by atoms with Crippen LogP contribution in [-0.4, -0.2) is 18.3 Å². The summed E-state index contributed by atoms with van der Waals surface area (Å²) in [6.07, 6.45) is 3.97. The smallest absolute Gasteiger partial charge is 0.293 e. The van der Waals surface area contributed by atoms with Crippen LogP contribution in [0.25, 0.3) is 0 Å². The topological polar surface area (TPSA) is 100 Å². The molecule has 0 bridgehead atoms. The molecule has 1 atom stereocenters. The number of allylic oxidation sites excluding steroid dienone is 2. The molecule has 1 aromatic carbocycles. The van der Waals surface area contributed by atoms with Gasteiger partial charge in [-0.05, 0) is 25.1 Å². The van der Waals surface area contributed by atoms with Crippen LogP contribution < -0.4 is 4.65 Å². The lowest BCUT2D eigenvalue weighted by Crippen LogP contribution is -2.46. The molecule has 1 heterocycles. The Balaban J connectivity index is 2.73. The van der Waals surface area contributed by atoms with Crippen molar-refractivity contribution in [1.82, 2.24) is 4.65 Å². The van der Waals surface area contributed by atoms with Crippen LogP contribution in [0.1, 0.15) is 6.92 Å². The van der Waals surface area contributed by atoms with Gasteiger partial charge in [-0.1, -0.05) is 11.6 Å². The lowest BCUT2D eigenvalue weighted by Gasteiger charge is -2.38. The van der Waals surface area contributed by atoms with Gasteiger partial charge >= 0.3 is 0 Å². The molecular weight excluding hydrogens is 320 g/mol. The molecule has 1 aliphatic rings. The van der Waals surface area contributed by atoms with E-state index >= 15 is 0 Å². The number of hydrogen-bond acceptors (Lipinski definition) is 5. The lowest BCUT2D eigenvalue weighted by atomic mass is 10.1. The Morgan fingerprint density at radius 2 is 2.00 bits per heavy atom. The maximum absolute atomic E-state index is 12.9. The summed E-state index contributed by atoms with van der Waals surface area (Å²) < 4.78 is 21.3. The minimum atomic E-state index is -2.77. The number of rotatable bonds is 2. The predicted octanol–water partition coefficient (Wildman–Crippen LogP) is 2.54. The first-order chi connectivity index (χ1) is 9.77. The number of quaternary nitrogens is 1. The van der Waals surface area contributed by atoms with Gasteiger partial charge in [0.05, 0.1) is 11.0 Å². The van der Waals surface area contributed by atoms with Crippen LogP contribution in [0.3, 0.4) is 0 Å². The van der Waals surface area contributed by atoms with Gasteiger partial charge in [0.15, 0.2) is 0 Å². The molecule has 0 N–H and O–H groups in total. The SMILES string of the molecule is CC1=CC=C[N+]([O-])(c2ccc(Cl)c([N+](=O)[O-])c2)C1=S(=O)=O. The molecule has 1 aromatic rings. The molecule has 0 aliphatic carbocycles. The third kappa shape index (κ3) is 2.61. The van der Waals surface area contributed by atoms with Crippen LogP contribution in [0.2, 0.25) is 5.02 Å². The van der Waals surface area contributed by atoms with Crippen LogP contribution in [0, 0.1) is 15.3 Å². The van der Waals surface area contributed by atoms with Gasteiger partial charge < -0.3 is 5.21 Å². The quantitative estimate of drug-likeness (QED) is 0.273. The van der Waals surface area contributed by atoms with Crippen molar-refractivity contribution in [2.45, 2.75) is 6.92 Å². The summed E-state index contributed by atoms with van der Waals surface area (Å²) >= 11 is 5.69. The molecular formula is C12H9ClN2O5S. The zero-order valence-corrected chi connectivity index (χ0v) is 12.3. The maximum atomic E-state index is 12.9. The maximum Gasteiger partial charge on any atom is 0.293 e. The van der Waals surface area contributed by atoms with E-state index in [0.29, 0.717) is 0 Å². The molecule has 0 spiro atoms. The van der Waals surface area contributed by atoms with Crippen molar-refractivity contribution in [1.29, 1.82) is 0 Å². The summed E-state index contributed by atoms with van der Waals surface area (Å²) in [6.45, 7) is 1.48. The Kier molecular flexibility index (Phi) is 3.97. The average molecular weight is 329 g/mol. The molecule has 7 nitrogen and oxygen atoms in total. The number of halogens is 1. The molecule has 0 saturated carbocycles. The fourth-order valence-electron chi connectivity index (χ4n) is 2.00. The largest absolute Gasteiger partial charge is 0.616 e. The number of hydroxylamine groups is 2. The summed E-state index contributed by atoms with van der Waals surface area (Å²) in [6, 6.07) is 3.43. The second kappa shape index (κ2) is 5.41. The number of nitro benzene ring substituents is 1. The Hall–Kier alpha value is -2.00. The summed E-state index contributed by atoms with van der Waals surface area (Å²) in [5.41, 5.74) is -0.313. The number of nitro groups is 1. The lowest BCUT2D eigenvalue weighted by molar-refractivity contribution is -0.384. The minimum absolute atomic E-state index is 0.117. The highest BCUT2D eigenvalue weighted by Gasteiger charge is 2.33. The Morgan fingerprint density at radius 1 is 1.33 bits per heavy atom. The highest BCUT2D eigenvalue weighted by atomic mass is 35.5. The Morgan fingerprint density at radius 3 is 2.57 bits per heavy atom. The standard InChI is InChI=1S/C12H9ClN2O5S/c1-8-3-2-6-15(18,12(8)21(19)20)9-4-5-10(13)11(7-9)14(16)17/h2-7H,1H3. The molecule has 1 aliphatic heterocycles. The van der Waals surface area contributed by atoms with E-state index < -0.39 is 30.5 Å². The molecule has 21 heavy (non-hydrogen) atoms. The summed E-state index contributed by atoms with van der Waals surface area (Å²) in [5, 5.41) is 23.7. The highest BCUT2D eigenvalue weighted by Crippen LogP contribution is 2.34. The van der Waals surface area contributed by atoms with Crippen molar-refractivity contribution >= 4 is 38.3 Å². The van der Waals surface area contributed by atoms with E-state index in [9.17, 15) is 23.7 Å². The second-order valence-corrected chi connectivity index (χ2v) is 5.55. The average Bonchev–Trinajstić information content (AvgIpc) is 2.37. The summed E-state index contributed by atoms with van der Waals surface area (Å²) in [7, 11) is -2.77. The fourth-order valence-corrected chi connectivity index (χ4v) is 2.91. The fraction of sp³-hybridized carbons (Fsp3) is 0.0833. The second-order valence-electron chi connectivity index (χ2n) is 4.28. The molecule has 9 heteroatoms. The van der Waals surface area contributed by atoms with E-state index in [4.69, 9.17) is 11.6 Å². The number of hydrogen-bond donors (Lipinski definition) is 0. The zero-order valence-electron chi connectivity index (χ0n) is 10.7. The van der Waals surface area contributed by atoms with E-state index in [1.165, 1.54) is 31.2 Å². The first-order valence-electron chi connectivity index (χ1n) is 5.65. The monoisotopic (exact) mass is 328 g/mol. The third-order valence-corrected chi connectivity index (χ3v) is 4.18. The van der Waals surface area contributed by atoms with Crippen molar-refractivity contribution in [2.24, 2.45) is 0 Å². The minimum Gasteiger partial charge on any atom is -0.616 e. The molecule has 0 radical (unpaired) electrons. The van der Waals surface area contributed by atoms with E-state index in [1.807, 2.05) is 0 Å². The van der Waals surface area contributed by atoms with Gasteiger partial charge in [-0.25, -0.2) is 0 Å². The third-order valence-electron chi connectivity index (χ3n) is 2.95. The molecule has 2 rings (SSSR count). The first kappa shape index (κ1) is 15.4. The molecule has 0 aromatic heterocycles. The molecule has 0 saturated heterocycles. The number of nitrogens with zero attached hydrogens (tertiary/aromatic N) is 2. The van der Waals surface area contributed by atoms with Crippen LogP contribution in [-0.2, 0) is 10.3 Å². The van der Waals surface area contributed by atoms with Crippen molar-refractivity contribution in [3.05, 3.63) is 62.5 Å². The van der Waals surface area contributed by atoms with Gasteiger partial charge in [0.1, 0.15) is 16.9 Å². The van der Waals surface area contributed by atoms with Crippen molar-refractivity contribution in [3.8, 4) is 0 Å². The van der Waals surface area contributed by atoms with Gasteiger partial charge in [0.2, 0.25) is 0 Å². The van der Waals surface area contributed by atoms with Crippen LogP contribution in [0.15, 0.2) is 42.1 Å². The van der Waals surface area contributed by atoms with Gasteiger partial charge in [-0.3, -0.25) is 14.8 Å². The molecule has 1 unspecified atom stereocenters. The molecule has 110 valence electrons. The summed E-state index contributed by atoms with van der Waals surface area (Å²) in [4.78, 5) is 9.74. The molecule has 0 amide bonds. The van der Waals surface area contributed by atoms with E-state index in [2.05, 4.69) is 0 Å². The van der Waals surface area contributed by atoms with E-state index in [0.717, 1.165) is 12.3 Å². The number of benzene rings is 1. The van der Waals surface area contributed by atoms with Crippen LogP contribution >= 0.6 is 11.6 Å². The zero-order chi connectivity index (χ0) is 15.8. The normalized spacial score (nSPS) is 21.1. The van der Waals surface area contributed by atoms with Gasteiger partial charge in [0.25, 0.3) is 21.0 Å². The van der Waals surface area contributed by atoms with Crippen LogP contribution in [0.4, 0.5) is 11.4 Å². The van der Waals surface area contributed by atoms with Crippen LogP contribution in [0.5, 0.6) is 0 Å². The molecule has 0 fully saturated rings. The van der Waals surface area contributed by atoms with Crippen molar-refractivity contribution in [3.63, 3.8) is 0 Å². The predicted molar refractivity (Wildman–Crippen MR) is 80.1 cm³/mol. The van der Waals surface area contributed by atoms with E-state index in [-0.39, 0.29) is 16.3 Å². The van der Waals surface area contributed by atoms with Gasteiger partial charge in [-0.2, -0.15) is 8.42 Å². The Labute approximate surface area is 126 Å². The Bertz CT molecular complexity index is 820. The highest BCUT2D eigenvalue weighted by molar-refractivity contribution is 7.73. The van der Waals surface area contributed by atoms with Crippen molar-refractivity contribution in [2.75, 3.05) is 0 Å². The van der Waals surface area contributed by atoms with Crippen molar-refractivity contribution < 1.29 is 13.3 Å².